The van der Waals surface area contributed by atoms with Crippen molar-refractivity contribution in [3.8, 4) is 0 Å². The van der Waals surface area contributed by atoms with E-state index in [-0.39, 0.29) is 0 Å². The molecule has 56 valence electrons. The van der Waals surface area contributed by atoms with Gasteiger partial charge in [-0.3, -0.25) is 0 Å². The van der Waals surface area contributed by atoms with E-state index in [1.54, 1.807) is 0 Å². The average Bonchev–Trinajstić information content (AvgIpc) is 2.05. The number of halogens is 2. The molecule has 0 unspecified atom stereocenters. The molecule has 11 heavy (non-hydrogen) atoms. The van der Waals surface area contributed by atoms with E-state index in [0.717, 1.165) is 5.33 Å². The second-order valence-corrected chi connectivity index (χ2v) is 3.74. The van der Waals surface area contributed by atoms with Gasteiger partial charge in [-0.2, -0.15) is 0 Å². The minimum atomic E-state index is 0.708. The van der Waals surface area contributed by atoms with Crippen molar-refractivity contribution in [2.24, 2.45) is 0 Å². The number of hydrogen-bond donors (Lipinski definition) is 0. The van der Waals surface area contributed by atoms with Crippen molar-refractivity contribution in [3.63, 3.8) is 0 Å². The van der Waals surface area contributed by atoms with Crippen molar-refractivity contribution in [1.82, 2.24) is 0 Å². The first-order valence-electron chi connectivity index (χ1n) is 3.00. The van der Waals surface area contributed by atoms with E-state index >= 15 is 0 Å². The molecule has 1 rings (SSSR count). The van der Waals surface area contributed by atoms with Crippen LogP contribution in [0.2, 0.25) is 0 Å². The maximum absolute atomic E-state index is 6.79. The first-order chi connectivity index (χ1) is 5.27. The SMILES string of the molecule is [C-]#[N+]c1ccc(I)c(CBr)c1. The molecule has 0 bridgehead atoms. The van der Waals surface area contributed by atoms with E-state index in [2.05, 4.69) is 43.4 Å². The van der Waals surface area contributed by atoms with Crippen LogP contribution in [0.1, 0.15) is 5.56 Å². The lowest BCUT2D eigenvalue weighted by Crippen LogP contribution is -1.81. The summed E-state index contributed by atoms with van der Waals surface area (Å²) in [6.45, 7) is 6.79. The first-order valence-corrected chi connectivity index (χ1v) is 5.20. The molecule has 0 fully saturated rings. The highest BCUT2D eigenvalue weighted by molar-refractivity contribution is 14.1. The third kappa shape index (κ3) is 2.17. The monoisotopic (exact) mass is 321 g/mol. The van der Waals surface area contributed by atoms with E-state index in [0.29, 0.717) is 5.69 Å². The summed E-state index contributed by atoms with van der Waals surface area (Å²) in [6, 6.07) is 5.70. The second kappa shape index (κ2) is 4.07. The lowest BCUT2D eigenvalue weighted by molar-refractivity contribution is 1.40. The molecule has 1 aromatic rings. The quantitative estimate of drug-likeness (QED) is 0.422. The van der Waals surface area contributed by atoms with Gasteiger partial charge in [0.25, 0.3) is 0 Å². The van der Waals surface area contributed by atoms with Crippen LogP contribution in [0.5, 0.6) is 0 Å². The Balaban J connectivity index is 3.15. The molecule has 0 radical (unpaired) electrons. The molecule has 3 heteroatoms. The number of hydrogen-bond acceptors (Lipinski definition) is 0. The summed E-state index contributed by atoms with van der Waals surface area (Å²) in [6.07, 6.45) is 0. The highest BCUT2D eigenvalue weighted by atomic mass is 127. The minimum Gasteiger partial charge on any atom is -0.238 e. The molecule has 0 aliphatic carbocycles. The van der Waals surface area contributed by atoms with Crippen LogP contribution in [0.4, 0.5) is 5.69 Å². The normalized spacial score (nSPS) is 9.18. The van der Waals surface area contributed by atoms with Gasteiger partial charge in [-0.25, -0.2) is 4.85 Å². The zero-order chi connectivity index (χ0) is 8.27. The molecule has 0 heterocycles. The zero-order valence-electron chi connectivity index (χ0n) is 5.64. The Bertz CT molecular complexity index is 303. The summed E-state index contributed by atoms with van der Waals surface area (Å²) in [4.78, 5) is 3.35. The second-order valence-electron chi connectivity index (χ2n) is 2.02. The van der Waals surface area contributed by atoms with Crippen LogP contribution in [0.15, 0.2) is 18.2 Å². The van der Waals surface area contributed by atoms with Gasteiger partial charge >= 0.3 is 0 Å². The fourth-order valence-corrected chi connectivity index (χ4v) is 2.25. The molecule has 0 spiro atoms. The summed E-state index contributed by atoms with van der Waals surface area (Å²) in [5, 5.41) is 0.814. The van der Waals surface area contributed by atoms with Gasteiger partial charge in [0.05, 0.1) is 6.57 Å². The van der Waals surface area contributed by atoms with Crippen molar-refractivity contribution < 1.29 is 0 Å². The molecule has 0 N–H and O–H groups in total. The highest BCUT2D eigenvalue weighted by Crippen LogP contribution is 2.21. The number of nitrogens with zero attached hydrogens (tertiary/aromatic N) is 1. The predicted octanol–water partition coefficient (Wildman–Crippen LogP) is 3.74. The largest absolute Gasteiger partial charge is 0.238 e. The number of rotatable bonds is 1. The summed E-state index contributed by atoms with van der Waals surface area (Å²) in [7, 11) is 0. The van der Waals surface area contributed by atoms with Crippen LogP contribution in [0.25, 0.3) is 4.85 Å². The minimum absolute atomic E-state index is 0.708. The van der Waals surface area contributed by atoms with Crippen LogP contribution in [-0.2, 0) is 5.33 Å². The van der Waals surface area contributed by atoms with Crippen molar-refractivity contribution in [2.45, 2.75) is 5.33 Å². The van der Waals surface area contributed by atoms with Crippen molar-refractivity contribution in [2.75, 3.05) is 0 Å². The molecule has 1 nitrogen and oxygen atoms in total. The Morgan fingerprint density at radius 1 is 1.55 bits per heavy atom. The van der Waals surface area contributed by atoms with E-state index in [1.165, 1.54) is 9.13 Å². The summed E-state index contributed by atoms with van der Waals surface area (Å²) < 4.78 is 1.20. The van der Waals surface area contributed by atoms with Gasteiger partial charge in [0, 0.05) is 8.90 Å². The average molecular weight is 322 g/mol. The molecule has 0 aliphatic heterocycles. The molecular formula is C8H5BrIN. The fourth-order valence-electron chi connectivity index (χ4n) is 0.733. The lowest BCUT2D eigenvalue weighted by atomic mass is 10.2. The van der Waals surface area contributed by atoms with Gasteiger partial charge in [0.2, 0.25) is 0 Å². The van der Waals surface area contributed by atoms with Crippen LogP contribution in [0, 0.1) is 10.1 Å². The Kier molecular flexibility index (Phi) is 3.34. The maximum atomic E-state index is 6.79. The first kappa shape index (κ1) is 9.01. The number of alkyl halides is 1. The van der Waals surface area contributed by atoms with Gasteiger partial charge < -0.3 is 0 Å². The third-order valence-corrected chi connectivity index (χ3v) is 2.96. The Labute approximate surface area is 87.9 Å². The molecule has 0 saturated heterocycles. The lowest BCUT2D eigenvalue weighted by Gasteiger charge is -1.99. The predicted molar refractivity (Wildman–Crippen MR) is 58.1 cm³/mol. The summed E-state index contributed by atoms with van der Waals surface area (Å²) in [5.74, 6) is 0. The zero-order valence-corrected chi connectivity index (χ0v) is 9.39. The van der Waals surface area contributed by atoms with E-state index in [1.807, 2.05) is 18.2 Å². The van der Waals surface area contributed by atoms with Crippen molar-refractivity contribution in [3.05, 3.63) is 38.7 Å². The Morgan fingerprint density at radius 2 is 2.27 bits per heavy atom. The summed E-state index contributed by atoms with van der Waals surface area (Å²) >= 11 is 5.62. The molecule has 0 amide bonds. The van der Waals surface area contributed by atoms with Crippen LogP contribution in [0.3, 0.4) is 0 Å². The van der Waals surface area contributed by atoms with Gasteiger partial charge in [-0.1, -0.05) is 34.1 Å². The van der Waals surface area contributed by atoms with Crippen molar-refractivity contribution >= 4 is 44.2 Å². The standard InChI is InChI=1S/C8H5BrIN/c1-11-7-2-3-8(10)6(4-7)5-9/h2-4H,5H2. The van der Waals surface area contributed by atoms with Crippen LogP contribution >= 0.6 is 38.5 Å². The molecule has 0 aliphatic rings. The van der Waals surface area contributed by atoms with Gasteiger partial charge in [-0.15, -0.1) is 0 Å². The summed E-state index contributed by atoms with van der Waals surface area (Å²) in [5.41, 5.74) is 1.89. The van der Waals surface area contributed by atoms with Gasteiger partial charge in [0.15, 0.2) is 5.69 Å². The highest BCUT2D eigenvalue weighted by Gasteiger charge is 1.98. The van der Waals surface area contributed by atoms with Crippen molar-refractivity contribution in [1.29, 1.82) is 0 Å². The van der Waals surface area contributed by atoms with E-state index in [9.17, 15) is 0 Å². The maximum Gasteiger partial charge on any atom is 0.187 e. The van der Waals surface area contributed by atoms with Gasteiger partial charge in [0.1, 0.15) is 0 Å². The topological polar surface area (TPSA) is 4.36 Å². The van der Waals surface area contributed by atoms with Crippen LogP contribution in [-0.4, -0.2) is 0 Å². The van der Waals surface area contributed by atoms with E-state index in [4.69, 9.17) is 6.57 Å². The van der Waals surface area contributed by atoms with E-state index < -0.39 is 0 Å². The molecule has 0 saturated carbocycles. The van der Waals surface area contributed by atoms with Gasteiger partial charge in [-0.05, 0) is 28.2 Å². The molecular weight excluding hydrogens is 317 g/mol. The van der Waals surface area contributed by atoms with Crippen LogP contribution < -0.4 is 0 Å². The Morgan fingerprint density at radius 3 is 2.82 bits per heavy atom. The Hall–Kier alpha value is -0.0800. The third-order valence-electron chi connectivity index (χ3n) is 1.30. The molecule has 0 atom stereocenters. The smallest absolute Gasteiger partial charge is 0.187 e. The number of benzene rings is 1. The molecule has 0 aromatic heterocycles. The fraction of sp³-hybridized carbons (Fsp3) is 0.125. The molecule has 1 aromatic carbocycles.